The first kappa shape index (κ1) is 41.7. The van der Waals surface area contributed by atoms with E-state index in [4.69, 9.17) is 9.97 Å². The summed E-state index contributed by atoms with van der Waals surface area (Å²) in [6.45, 7) is 0. The van der Waals surface area contributed by atoms with E-state index in [-0.39, 0.29) is 0 Å². The molecule has 0 bridgehead atoms. The number of rotatable bonds is 8. The highest BCUT2D eigenvalue weighted by atomic mass is 14.9. The topological polar surface area (TPSA) is 25.8 Å². The van der Waals surface area contributed by atoms with Gasteiger partial charge in [-0.3, -0.25) is 0 Å². The molecule has 0 amide bonds. The fourth-order valence-corrected chi connectivity index (χ4v) is 12.4. The Bertz CT molecular complexity index is 3940. The van der Waals surface area contributed by atoms with Gasteiger partial charge in [0.25, 0.3) is 0 Å². The smallest absolute Gasteiger partial charge is 0.160 e. The van der Waals surface area contributed by atoms with E-state index in [1.165, 1.54) is 83.3 Å². The summed E-state index contributed by atoms with van der Waals surface area (Å²) in [5.41, 5.74) is 21.4. The molecule has 72 heavy (non-hydrogen) atoms. The maximum atomic E-state index is 5.41. The molecule has 336 valence electrons. The highest BCUT2D eigenvalue weighted by Crippen LogP contribution is 2.58. The summed E-state index contributed by atoms with van der Waals surface area (Å²) in [6.07, 6.45) is 0. The molecule has 2 nitrogen and oxygen atoms in total. The van der Waals surface area contributed by atoms with Crippen molar-refractivity contribution in [2.75, 3.05) is 0 Å². The summed E-state index contributed by atoms with van der Waals surface area (Å²) < 4.78 is 0. The quantitative estimate of drug-likeness (QED) is 0.152. The van der Waals surface area contributed by atoms with Gasteiger partial charge in [0, 0.05) is 16.7 Å². The van der Waals surface area contributed by atoms with Crippen LogP contribution in [0, 0.1) is 0 Å². The number of hydrogen-bond acceptors (Lipinski definition) is 2. The van der Waals surface area contributed by atoms with Gasteiger partial charge in [-0.25, -0.2) is 9.97 Å². The second-order valence-electron chi connectivity index (χ2n) is 19.1. The van der Waals surface area contributed by atoms with Crippen molar-refractivity contribution in [3.63, 3.8) is 0 Å². The molecule has 1 heterocycles. The van der Waals surface area contributed by atoms with Crippen molar-refractivity contribution in [3.05, 3.63) is 324 Å². The van der Waals surface area contributed by atoms with Gasteiger partial charge in [-0.1, -0.05) is 261 Å². The predicted molar refractivity (Wildman–Crippen MR) is 296 cm³/mol. The van der Waals surface area contributed by atoms with Gasteiger partial charge in [0.2, 0.25) is 0 Å². The van der Waals surface area contributed by atoms with Gasteiger partial charge >= 0.3 is 0 Å². The average Bonchev–Trinajstić information content (AvgIpc) is 3.94. The minimum absolute atomic E-state index is 0.479. The summed E-state index contributed by atoms with van der Waals surface area (Å²) in [7, 11) is 0. The number of hydrogen-bond donors (Lipinski definition) is 0. The van der Waals surface area contributed by atoms with Crippen LogP contribution in [0.25, 0.3) is 78.1 Å². The molecule has 0 unspecified atom stereocenters. The van der Waals surface area contributed by atoms with E-state index in [1.807, 2.05) is 6.07 Å². The molecule has 12 aromatic rings. The van der Waals surface area contributed by atoms with Gasteiger partial charge in [-0.2, -0.15) is 0 Å². The molecule has 2 aliphatic rings. The van der Waals surface area contributed by atoms with Crippen LogP contribution in [0.2, 0.25) is 0 Å². The second-order valence-corrected chi connectivity index (χ2v) is 19.1. The Balaban J connectivity index is 0.944. The van der Waals surface area contributed by atoms with E-state index < -0.39 is 10.8 Å². The van der Waals surface area contributed by atoms with Gasteiger partial charge in [-0.15, -0.1) is 0 Å². The Hall–Kier alpha value is -9.24. The Morgan fingerprint density at radius 1 is 0.222 bits per heavy atom. The zero-order valence-corrected chi connectivity index (χ0v) is 39.5. The molecule has 2 heteroatoms. The average molecular weight is 915 g/mol. The lowest BCUT2D eigenvalue weighted by Crippen LogP contribution is -2.28. The zero-order valence-electron chi connectivity index (χ0n) is 39.5. The minimum atomic E-state index is -0.490. The molecule has 0 aliphatic heterocycles. The van der Waals surface area contributed by atoms with E-state index in [2.05, 4.69) is 273 Å². The summed E-state index contributed by atoms with van der Waals surface area (Å²) in [4.78, 5) is 10.8. The molecule has 0 fully saturated rings. The third-order valence-corrected chi connectivity index (χ3v) is 15.5. The van der Waals surface area contributed by atoms with Crippen molar-refractivity contribution >= 4 is 10.8 Å². The maximum Gasteiger partial charge on any atom is 0.160 e. The molecule has 11 aromatic carbocycles. The van der Waals surface area contributed by atoms with Gasteiger partial charge in [0.1, 0.15) is 0 Å². The molecule has 2 aliphatic carbocycles. The fourth-order valence-electron chi connectivity index (χ4n) is 12.4. The lowest BCUT2D eigenvalue weighted by Gasteiger charge is -2.34. The van der Waals surface area contributed by atoms with Crippen molar-refractivity contribution in [2.45, 2.75) is 10.8 Å². The summed E-state index contributed by atoms with van der Waals surface area (Å²) in [5.74, 6) is 0.691. The molecular weight excluding hydrogens is 869 g/mol. The largest absolute Gasteiger partial charge is 0.228 e. The van der Waals surface area contributed by atoms with Crippen molar-refractivity contribution in [1.82, 2.24) is 9.97 Å². The number of nitrogens with zero attached hydrogens (tertiary/aromatic N) is 2. The van der Waals surface area contributed by atoms with Crippen LogP contribution in [-0.4, -0.2) is 9.97 Å². The minimum Gasteiger partial charge on any atom is -0.228 e. The first-order chi connectivity index (χ1) is 35.7. The highest BCUT2D eigenvalue weighted by Gasteiger charge is 2.47. The molecular formula is C70H46N2. The van der Waals surface area contributed by atoms with Crippen LogP contribution in [0.1, 0.15) is 44.5 Å². The maximum absolute atomic E-state index is 5.41. The first-order valence-electron chi connectivity index (χ1n) is 24.9. The van der Waals surface area contributed by atoms with Crippen LogP contribution in [-0.2, 0) is 10.8 Å². The van der Waals surface area contributed by atoms with Crippen LogP contribution >= 0.6 is 0 Å². The SMILES string of the molecule is c1ccc(-c2nc(-c3ccc4c(c3)-c3ccccc3C4(c3ccccc3)c3ccccc3)cc(-c3ccc(-c4ccc5c(c4)C(c4ccccc4)(c4ccccc4)c4ccccc4-5)c4ccccc34)n2)cc1. The van der Waals surface area contributed by atoms with Crippen molar-refractivity contribution in [2.24, 2.45) is 0 Å². The Kier molecular flexibility index (Phi) is 9.69. The standard InChI is InChI=1S/C70H46N2/c1-6-22-47(23-7-1)68-71-66(49-39-43-64-61(44-49)58-35-19-21-37-63(58)69(64,50-24-8-2-9-25-50)51-26-10-3-11-27-51)46-67(72-68)60-42-41-54(55-32-16-17-33-56(55)60)48-38-40-59-57-34-18-20-36-62(57)70(65(59)45-48,52-28-12-4-13-29-52)53-30-14-5-15-31-53/h1-46H. The Morgan fingerprint density at radius 2 is 0.625 bits per heavy atom. The van der Waals surface area contributed by atoms with Crippen LogP contribution < -0.4 is 0 Å². The van der Waals surface area contributed by atoms with Crippen molar-refractivity contribution in [3.8, 4) is 67.3 Å². The highest BCUT2D eigenvalue weighted by molar-refractivity contribution is 6.05. The Labute approximate surface area is 420 Å². The van der Waals surface area contributed by atoms with Crippen molar-refractivity contribution in [1.29, 1.82) is 0 Å². The molecule has 0 atom stereocenters. The number of fused-ring (bicyclic) bond motifs is 7. The molecule has 0 N–H and O–H groups in total. The summed E-state index contributed by atoms with van der Waals surface area (Å²) in [6, 6.07) is 102. The van der Waals surface area contributed by atoms with Gasteiger partial charge in [-0.05, 0) is 107 Å². The van der Waals surface area contributed by atoms with Crippen LogP contribution in [0.15, 0.2) is 279 Å². The molecule has 0 saturated carbocycles. The van der Waals surface area contributed by atoms with E-state index in [0.29, 0.717) is 5.82 Å². The number of benzene rings is 11. The monoisotopic (exact) mass is 914 g/mol. The van der Waals surface area contributed by atoms with Gasteiger partial charge < -0.3 is 0 Å². The second kappa shape index (κ2) is 16.7. The number of aromatic nitrogens is 2. The summed E-state index contributed by atoms with van der Waals surface area (Å²) >= 11 is 0. The zero-order chi connectivity index (χ0) is 47.6. The molecule has 0 spiro atoms. The van der Waals surface area contributed by atoms with Gasteiger partial charge in [0.05, 0.1) is 22.2 Å². The van der Waals surface area contributed by atoms with E-state index >= 15 is 0 Å². The van der Waals surface area contributed by atoms with Crippen LogP contribution in [0.5, 0.6) is 0 Å². The van der Waals surface area contributed by atoms with Gasteiger partial charge in [0.15, 0.2) is 5.82 Å². The molecule has 1 aromatic heterocycles. The summed E-state index contributed by atoms with van der Waals surface area (Å²) in [5, 5.41) is 2.31. The van der Waals surface area contributed by atoms with Crippen LogP contribution in [0.4, 0.5) is 0 Å². The Morgan fingerprint density at radius 3 is 1.21 bits per heavy atom. The third kappa shape index (κ3) is 6.22. The first-order valence-corrected chi connectivity index (χ1v) is 24.9. The van der Waals surface area contributed by atoms with E-state index in [0.717, 1.165) is 33.5 Å². The molecule has 14 rings (SSSR count). The van der Waals surface area contributed by atoms with E-state index in [1.54, 1.807) is 0 Å². The fraction of sp³-hybridized carbons (Fsp3) is 0.0286. The lowest BCUT2D eigenvalue weighted by atomic mass is 9.67. The molecule has 0 radical (unpaired) electrons. The third-order valence-electron chi connectivity index (χ3n) is 15.5. The van der Waals surface area contributed by atoms with E-state index in [9.17, 15) is 0 Å². The lowest BCUT2D eigenvalue weighted by molar-refractivity contribution is 0.768. The van der Waals surface area contributed by atoms with Crippen molar-refractivity contribution < 1.29 is 0 Å². The normalized spacial score (nSPS) is 13.5. The molecule has 0 saturated heterocycles. The van der Waals surface area contributed by atoms with Crippen LogP contribution in [0.3, 0.4) is 0 Å². The predicted octanol–water partition coefficient (Wildman–Crippen LogP) is 17.0.